The normalized spacial score (nSPS) is 24.7. The van der Waals surface area contributed by atoms with Gasteiger partial charge in [0.2, 0.25) is 5.91 Å². The van der Waals surface area contributed by atoms with Crippen LogP contribution >= 0.6 is 0 Å². The lowest BCUT2D eigenvalue weighted by atomic mass is 9.89. The summed E-state index contributed by atoms with van der Waals surface area (Å²) in [6.45, 7) is 2.19. The van der Waals surface area contributed by atoms with Gasteiger partial charge in [0.25, 0.3) is 0 Å². The van der Waals surface area contributed by atoms with Crippen molar-refractivity contribution in [3.05, 3.63) is 35.1 Å². The molecular weight excluding hydrogens is 325 g/mol. The summed E-state index contributed by atoms with van der Waals surface area (Å²) in [6, 6.07) is 3.43. The van der Waals surface area contributed by atoms with E-state index >= 15 is 0 Å². The SMILES string of the molecule is Cc1cc(F)ccc1C1CC(NC(=O)C(O)C2CC2)CCN1C(N)=O. The van der Waals surface area contributed by atoms with Gasteiger partial charge in [-0.25, -0.2) is 9.18 Å². The topological polar surface area (TPSA) is 95.7 Å². The highest BCUT2D eigenvalue weighted by atomic mass is 19.1. The van der Waals surface area contributed by atoms with E-state index in [9.17, 15) is 19.1 Å². The van der Waals surface area contributed by atoms with Crippen molar-refractivity contribution < 1.29 is 19.1 Å². The average Bonchev–Trinajstić information content (AvgIpc) is 3.38. The Labute approximate surface area is 146 Å². The van der Waals surface area contributed by atoms with E-state index in [1.807, 2.05) is 0 Å². The Morgan fingerprint density at radius 3 is 2.68 bits per heavy atom. The third-order valence-corrected chi connectivity index (χ3v) is 5.16. The Kier molecular flexibility index (Phi) is 4.94. The highest BCUT2D eigenvalue weighted by molar-refractivity contribution is 5.81. The van der Waals surface area contributed by atoms with Crippen LogP contribution < -0.4 is 11.1 Å². The molecule has 2 aliphatic rings. The third kappa shape index (κ3) is 3.92. The second kappa shape index (κ2) is 7.00. The van der Waals surface area contributed by atoms with Gasteiger partial charge in [0.15, 0.2) is 0 Å². The maximum Gasteiger partial charge on any atom is 0.315 e. The minimum Gasteiger partial charge on any atom is -0.383 e. The Morgan fingerprint density at radius 2 is 2.08 bits per heavy atom. The predicted octanol–water partition coefficient (Wildman–Crippen LogP) is 1.61. The van der Waals surface area contributed by atoms with Gasteiger partial charge in [-0.05, 0) is 61.8 Å². The summed E-state index contributed by atoms with van der Waals surface area (Å²) >= 11 is 0. The molecular formula is C18H24FN3O3. The zero-order valence-electron chi connectivity index (χ0n) is 14.2. The van der Waals surface area contributed by atoms with Crippen molar-refractivity contribution in [3.8, 4) is 0 Å². The number of hydrogen-bond donors (Lipinski definition) is 3. The fraction of sp³-hybridized carbons (Fsp3) is 0.556. The Bertz CT molecular complexity index is 678. The van der Waals surface area contributed by atoms with E-state index in [0.29, 0.717) is 19.4 Å². The van der Waals surface area contributed by atoms with Crippen LogP contribution in [0.1, 0.15) is 42.9 Å². The summed E-state index contributed by atoms with van der Waals surface area (Å²) in [5.74, 6) is -0.615. The van der Waals surface area contributed by atoms with Crippen LogP contribution in [0.15, 0.2) is 18.2 Å². The number of urea groups is 1. The minimum atomic E-state index is -0.958. The third-order valence-electron chi connectivity index (χ3n) is 5.16. The number of carbonyl (C=O) groups is 2. The fourth-order valence-electron chi connectivity index (χ4n) is 3.58. The Morgan fingerprint density at radius 1 is 1.36 bits per heavy atom. The van der Waals surface area contributed by atoms with Crippen LogP contribution in [0.4, 0.5) is 9.18 Å². The number of piperidine rings is 1. The van der Waals surface area contributed by atoms with Crippen LogP contribution in [0, 0.1) is 18.7 Å². The smallest absolute Gasteiger partial charge is 0.315 e. The Balaban J connectivity index is 1.75. The standard InChI is InChI=1S/C18H24FN3O3/c1-10-8-12(19)4-5-14(10)15-9-13(6-7-22(15)18(20)25)21-17(24)16(23)11-2-3-11/h4-5,8,11,13,15-16,23H,2-3,6-7,9H2,1H3,(H2,20,25)(H,21,24). The number of amides is 3. The maximum atomic E-state index is 13.4. The molecule has 6 nitrogen and oxygen atoms in total. The van der Waals surface area contributed by atoms with Crippen molar-refractivity contribution in [1.82, 2.24) is 10.2 Å². The zero-order valence-corrected chi connectivity index (χ0v) is 14.2. The zero-order chi connectivity index (χ0) is 18.1. The van der Waals surface area contributed by atoms with Gasteiger partial charge in [-0.15, -0.1) is 0 Å². The van der Waals surface area contributed by atoms with Crippen LogP contribution in [0.25, 0.3) is 0 Å². The first-order chi connectivity index (χ1) is 11.9. The molecule has 1 saturated carbocycles. The number of nitrogens with two attached hydrogens (primary N) is 1. The molecule has 1 aromatic rings. The van der Waals surface area contributed by atoms with E-state index in [4.69, 9.17) is 5.73 Å². The van der Waals surface area contributed by atoms with Crippen LogP contribution in [0.3, 0.4) is 0 Å². The summed E-state index contributed by atoms with van der Waals surface area (Å²) in [5.41, 5.74) is 7.06. The van der Waals surface area contributed by atoms with E-state index in [1.165, 1.54) is 12.1 Å². The van der Waals surface area contributed by atoms with E-state index < -0.39 is 12.1 Å². The summed E-state index contributed by atoms with van der Waals surface area (Å²) in [4.78, 5) is 25.5. The van der Waals surface area contributed by atoms with E-state index in [2.05, 4.69) is 5.32 Å². The molecule has 0 bridgehead atoms. The molecule has 136 valence electrons. The fourth-order valence-corrected chi connectivity index (χ4v) is 3.58. The molecule has 1 aliphatic carbocycles. The predicted molar refractivity (Wildman–Crippen MR) is 90.1 cm³/mol. The molecule has 3 unspecified atom stereocenters. The van der Waals surface area contributed by atoms with Crippen molar-refractivity contribution in [2.24, 2.45) is 11.7 Å². The van der Waals surface area contributed by atoms with Gasteiger partial charge in [0.1, 0.15) is 11.9 Å². The van der Waals surface area contributed by atoms with Gasteiger partial charge in [0, 0.05) is 12.6 Å². The molecule has 3 rings (SSSR count). The largest absolute Gasteiger partial charge is 0.383 e. The Hall–Kier alpha value is -2.15. The summed E-state index contributed by atoms with van der Waals surface area (Å²) in [5, 5.41) is 12.8. The molecule has 0 radical (unpaired) electrons. The number of rotatable bonds is 4. The number of aliphatic hydroxyl groups is 1. The second-order valence-electron chi connectivity index (χ2n) is 7.06. The van der Waals surface area contributed by atoms with Crippen molar-refractivity contribution >= 4 is 11.9 Å². The lowest BCUT2D eigenvalue weighted by Gasteiger charge is -2.39. The molecule has 25 heavy (non-hydrogen) atoms. The molecule has 3 atom stereocenters. The van der Waals surface area contributed by atoms with E-state index in [1.54, 1.807) is 17.9 Å². The first-order valence-electron chi connectivity index (χ1n) is 8.67. The molecule has 2 fully saturated rings. The number of aliphatic hydroxyl groups excluding tert-OH is 1. The molecule has 1 aromatic carbocycles. The molecule has 1 aliphatic heterocycles. The first kappa shape index (κ1) is 17.7. The number of nitrogens with one attached hydrogen (secondary N) is 1. The van der Waals surface area contributed by atoms with Crippen molar-refractivity contribution in [3.63, 3.8) is 0 Å². The molecule has 3 amide bonds. The monoisotopic (exact) mass is 349 g/mol. The van der Waals surface area contributed by atoms with Gasteiger partial charge in [0.05, 0.1) is 6.04 Å². The molecule has 1 saturated heterocycles. The summed E-state index contributed by atoms with van der Waals surface area (Å²) in [7, 11) is 0. The van der Waals surface area contributed by atoms with Crippen LogP contribution in [0.5, 0.6) is 0 Å². The summed E-state index contributed by atoms with van der Waals surface area (Å²) in [6.07, 6.45) is 1.86. The van der Waals surface area contributed by atoms with Crippen molar-refractivity contribution in [2.45, 2.75) is 50.8 Å². The highest BCUT2D eigenvalue weighted by Gasteiger charge is 2.37. The lowest BCUT2D eigenvalue weighted by Crippen LogP contribution is -2.51. The van der Waals surface area contributed by atoms with Crippen LogP contribution in [-0.4, -0.2) is 40.6 Å². The number of benzene rings is 1. The van der Waals surface area contributed by atoms with Crippen LogP contribution in [-0.2, 0) is 4.79 Å². The molecule has 1 heterocycles. The number of carbonyl (C=O) groups excluding carboxylic acids is 2. The average molecular weight is 349 g/mol. The van der Waals surface area contributed by atoms with Gasteiger partial charge < -0.3 is 21.1 Å². The number of primary amides is 1. The van der Waals surface area contributed by atoms with Gasteiger partial charge in [-0.1, -0.05) is 6.07 Å². The van der Waals surface area contributed by atoms with Crippen molar-refractivity contribution in [2.75, 3.05) is 6.54 Å². The number of halogens is 1. The van der Waals surface area contributed by atoms with E-state index in [-0.39, 0.29) is 29.7 Å². The number of aryl methyl sites for hydroxylation is 1. The first-order valence-corrected chi connectivity index (χ1v) is 8.67. The molecule has 4 N–H and O–H groups in total. The van der Waals surface area contributed by atoms with Crippen LogP contribution in [0.2, 0.25) is 0 Å². The number of nitrogens with zero attached hydrogens (tertiary/aromatic N) is 1. The van der Waals surface area contributed by atoms with Crippen molar-refractivity contribution in [1.29, 1.82) is 0 Å². The molecule has 0 spiro atoms. The number of likely N-dealkylation sites (tertiary alicyclic amines) is 1. The van der Waals surface area contributed by atoms with Gasteiger partial charge in [-0.2, -0.15) is 0 Å². The molecule has 7 heteroatoms. The number of hydrogen-bond acceptors (Lipinski definition) is 3. The van der Waals surface area contributed by atoms with Gasteiger partial charge >= 0.3 is 6.03 Å². The van der Waals surface area contributed by atoms with Gasteiger partial charge in [-0.3, -0.25) is 4.79 Å². The quantitative estimate of drug-likeness (QED) is 0.770. The molecule has 0 aromatic heterocycles. The lowest BCUT2D eigenvalue weighted by molar-refractivity contribution is -0.131. The minimum absolute atomic E-state index is 0.0702. The second-order valence-corrected chi connectivity index (χ2v) is 7.06. The highest BCUT2D eigenvalue weighted by Crippen LogP contribution is 2.35. The maximum absolute atomic E-state index is 13.4. The van der Waals surface area contributed by atoms with E-state index in [0.717, 1.165) is 24.0 Å². The summed E-state index contributed by atoms with van der Waals surface area (Å²) < 4.78 is 13.4.